The van der Waals surface area contributed by atoms with Crippen molar-refractivity contribution in [1.82, 2.24) is 9.80 Å². The number of carbonyl (C=O) groups is 2. The van der Waals surface area contributed by atoms with Crippen molar-refractivity contribution in [3.8, 4) is 0 Å². The van der Waals surface area contributed by atoms with E-state index < -0.39 is 17.3 Å². The van der Waals surface area contributed by atoms with E-state index in [1.807, 2.05) is 0 Å². The van der Waals surface area contributed by atoms with Crippen LogP contribution in [0.2, 0.25) is 0 Å². The normalized spacial score (nSPS) is 32.2. The van der Waals surface area contributed by atoms with Crippen LogP contribution in [0.3, 0.4) is 0 Å². The standard InChI is InChI=1S/C20H30N2O4/c23-17-16(13-22(18(17)24)15-9-5-2-6-10-15)20(26)11-12-21(19(20)25)14-7-3-1-4-8-14/h14-15,23,26H,1-13H2/t20-/m1/s1. The van der Waals surface area contributed by atoms with Crippen molar-refractivity contribution >= 4 is 11.8 Å². The second-order valence-corrected chi connectivity index (χ2v) is 8.45. The number of likely N-dealkylation sites (tertiary alicyclic amines) is 1. The zero-order valence-electron chi connectivity index (χ0n) is 15.5. The first-order valence-corrected chi connectivity index (χ1v) is 10.3. The fraction of sp³-hybridized carbons (Fsp3) is 0.800. The maximum Gasteiger partial charge on any atom is 0.289 e. The molecule has 0 unspecified atom stereocenters. The Morgan fingerprint density at radius 3 is 1.96 bits per heavy atom. The first-order valence-electron chi connectivity index (χ1n) is 10.3. The average molecular weight is 362 g/mol. The number of rotatable bonds is 3. The third-order valence-electron chi connectivity index (χ3n) is 6.94. The summed E-state index contributed by atoms with van der Waals surface area (Å²) < 4.78 is 0. The van der Waals surface area contributed by atoms with Crippen LogP contribution in [0, 0.1) is 0 Å². The SMILES string of the molecule is O=C1C(O)=C([C@]2(O)CCN(C3CCCCC3)C2=O)CN1C1CCCCC1. The van der Waals surface area contributed by atoms with Gasteiger partial charge in [0.1, 0.15) is 0 Å². The highest BCUT2D eigenvalue weighted by atomic mass is 16.3. The zero-order valence-corrected chi connectivity index (χ0v) is 15.5. The van der Waals surface area contributed by atoms with Crippen molar-refractivity contribution in [2.75, 3.05) is 13.1 Å². The van der Waals surface area contributed by atoms with Gasteiger partial charge in [0.2, 0.25) is 0 Å². The van der Waals surface area contributed by atoms with Crippen molar-refractivity contribution in [3.05, 3.63) is 11.3 Å². The monoisotopic (exact) mass is 362 g/mol. The second-order valence-electron chi connectivity index (χ2n) is 8.45. The molecule has 2 heterocycles. The summed E-state index contributed by atoms with van der Waals surface area (Å²) in [5.74, 6) is -1.12. The molecule has 3 fully saturated rings. The summed E-state index contributed by atoms with van der Waals surface area (Å²) in [5, 5.41) is 21.6. The molecule has 0 aromatic rings. The lowest BCUT2D eigenvalue weighted by molar-refractivity contribution is -0.142. The molecule has 1 saturated heterocycles. The Morgan fingerprint density at radius 1 is 0.846 bits per heavy atom. The Labute approximate surface area is 154 Å². The lowest BCUT2D eigenvalue weighted by Gasteiger charge is -2.33. The molecule has 144 valence electrons. The van der Waals surface area contributed by atoms with Crippen molar-refractivity contribution in [2.24, 2.45) is 0 Å². The van der Waals surface area contributed by atoms with E-state index in [2.05, 4.69) is 0 Å². The first-order chi connectivity index (χ1) is 12.5. The molecule has 4 aliphatic rings. The largest absolute Gasteiger partial charge is 0.503 e. The number of carbonyl (C=O) groups excluding carboxylic acids is 2. The summed E-state index contributed by atoms with van der Waals surface area (Å²) >= 11 is 0. The average Bonchev–Trinajstić information content (AvgIpc) is 3.15. The van der Waals surface area contributed by atoms with E-state index in [9.17, 15) is 19.8 Å². The van der Waals surface area contributed by atoms with Crippen molar-refractivity contribution in [3.63, 3.8) is 0 Å². The fourth-order valence-corrected chi connectivity index (χ4v) is 5.35. The van der Waals surface area contributed by atoms with Crippen LogP contribution in [0.1, 0.15) is 70.6 Å². The van der Waals surface area contributed by atoms with Crippen LogP contribution >= 0.6 is 0 Å². The molecule has 2 amide bonds. The summed E-state index contributed by atoms with van der Waals surface area (Å²) in [6.45, 7) is 0.699. The lowest BCUT2D eigenvalue weighted by Crippen LogP contribution is -2.47. The van der Waals surface area contributed by atoms with E-state index in [0.717, 1.165) is 51.4 Å². The van der Waals surface area contributed by atoms with E-state index in [0.29, 0.717) is 6.54 Å². The number of aliphatic hydroxyl groups is 2. The predicted molar refractivity (Wildman–Crippen MR) is 96.4 cm³/mol. The number of hydrogen-bond acceptors (Lipinski definition) is 4. The molecule has 0 spiro atoms. The molecule has 6 nitrogen and oxygen atoms in total. The number of hydrogen-bond donors (Lipinski definition) is 2. The smallest absolute Gasteiger partial charge is 0.289 e. The van der Waals surface area contributed by atoms with Crippen LogP contribution in [0.5, 0.6) is 0 Å². The van der Waals surface area contributed by atoms with E-state index in [4.69, 9.17) is 0 Å². The van der Waals surface area contributed by atoms with Crippen molar-refractivity contribution in [2.45, 2.75) is 88.3 Å². The third kappa shape index (κ3) is 2.82. The maximum atomic E-state index is 13.0. The molecular formula is C20H30N2O4. The highest BCUT2D eigenvalue weighted by molar-refractivity contribution is 6.00. The van der Waals surface area contributed by atoms with Crippen LogP contribution in [0.15, 0.2) is 11.3 Å². The highest BCUT2D eigenvalue weighted by Crippen LogP contribution is 2.39. The van der Waals surface area contributed by atoms with Gasteiger partial charge < -0.3 is 20.0 Å². The molecule has 0 radical (unpaired) electrons. The van der Waals surface area contributed by atoms with E-state index in [1.54, 1.807) is 9.80 Å². The Hall–Kier alpha value is -1.56. The van der Waals surface area contributed by atoms with Gasteiger partial charge in [-0.3, -0.25) is 9.59 Å². The summed E-state index contributed by atoms with van der Waals surface area (Å²) in [5.41, 5.74) is -1.47. The summed E-state index contributed by atoms with van der Waals surface area (Å²) in [7, 11) is 0. The molecule has 0 aromatic carbocycles. The molecule has 2 saturated carbocycles. The van der Waals surface area contributed by atoms with Crippen LogP contribution in [-0.4, -0.2) is 62.6 Å². The van der Waals surface area contributed by atoms with Gasteiger partial charge in [-0.25, -0.2) is 0 Å². The van der Waals surface area contributed by atoms with Gasteiger partial charge in [-0.1, -0.05) is 38.5 Å². The molecule has 2 aliphatic carbocycles. The predicted octanol–water partition coefficient (Wildman–Crippen LogP) is 2.27. The molecule has 0 aromatic heterocycles. The lowest BCUT2D eigenvalue weighted by atomic mass is 9.90. The second kappa shape index (κ2) is 6.87. The highest BCUT2D eigenvalue weighted by Gasteiger charge is 2.54. The summed E-state index contributed by atoms with van der Waals surface area (Å²) in [4.78, 5) is 29.1. The Balaban J connectivity index is 1.52. The minimum Gasteiger partial charge on any atom is -0.503 e. The third-order valence-corrected chi connectivity index (χ3v) is 6.94. The topological polar surface area (TPSA) is 81.1 Å². The molecule has 4 rings (SSSR count). The van der Waals surface area contributed by atoms with Crippen LogP contribution in [0.25, 0.3) is 0 Å². The number of nitrogens with zero attached hydrogens (tertiary/aromatic N) is 2. The van der Waals surface area contributed by atoms with Crippen LogP contribution < -0.4 is 0 Å². The molecule has 0 bridgehead atoms. The van der Waals surface area contributed by atoms with Gasteiger partial charge in [-0.2, -0.15) is 0 Å². The Kier molecular flexibility index (Phi) is 4.71. The minimum absolute atomic E-state index is 0.116. The van der Waals surface area contributed by atoms with Crippen LogP contribution in [0.4, 0.5) is 0 Å². The molecule has 26 heavy (non-hydrogen) atoms. The first kappa shape index (κ1) is 17.8. The van der Waals surface area contributed by atoms with Crippen molar-refractivity contribution in [1.29, 1.82) is 0 Å². The fourth-order valence-electron chi connectivity index (χ4n) is 5.35. The molecule has 2 N–H and O–H groups in total. The summed E-state index contributed by atoms with van der Waals surface area (Å²) in [6, 6.07) is 0.310. The number of amides is 2. The van der Waals surface area contributed by atoms with E-state index in [1.165, 1.54) is 12.8 Å². The minimum atomic E-state index is -1.71. The van der Waals surface area contributed by atoms with E-state index in [-0.39, 0.29) is 36.5 Å². The quantitative estimate of drug-likeness (QED) is 0.807. The Morgan fingerprint density at radius 2 is 1.38 bits per heavy atom. The molecule has 6 heteroatoms. The van der Waals surface area contributed by atoms with Crippen LogP contribution in [-0.2, 0) is 9.59 Å². The molecule has 1 atom stereocenters. The maximum absolute atomic E-state index is 13.0. The van der Waals surface area contributed by atoms with Gasteiger partial charge >= 0.3 is 0 Å². The van der Waals surface area contributed by atoms with E-state index >= 15 is 0 Å². The van der Waals surface area contributed by atoms with Gasteiger partial charge in [-0.15, -0.1) is 0 Å². The zero-order chi connectivity index (χ0) is 18.3. The van der Waals surface area contributed by atoms with Gasteiger partial charge in [0.05, 0.1) is 0 Å². The van der Waals surface area contributed by atoms with Crippen molar-refractivity contribution < 1.29 is 19.8 Å². The van der Waals surface area contributed by atoms with Gasteiger partial charge in [0.25, 0.3) is 11.8 Å². The van der Waals surface area contributed by atoms with Gasteiger partial charge in [-0.05, 0) is 25.7 Å². The molecule has 2 aliphatic heterocycles. The summed E-state index contributed by atoms with van der Waals surface area (Å²) in [6.07, 6.45) is 10.9. The number of aliphatic hydroxyl groups excluding tert-OH is 1. The van der Waals surface area contributed by atoms with Gasteiger partial charge in [0, 0.05) is 37.2 Å². The Bertz CT molecular complexity index is 619. The molecular weight excluding hydrogens is 332 g/mol. The van der Waals surface area contributed by atoms with Gasteiger partial charge in [0.15, 0.2) is 11.4 Å².